The zero-order valence-electron chi connectivity index (χ0n) is 12.3. The van der Waals surface area contributed by atoms with E-state index in [0.29, 0.717) is 17.9 Å². The summed E-state index contributed by atoms with van der Waals surface area (Å²) in [4.78, 5) is 12.4. The van der Waals surface area contributed by atoms with Crippen LogP contribution in [0.4, 0.5) is 11.4 Å². The normalized spacial score (nSPS) is 22.0. The molecule has 1 atom stereocenters. The van der Waals surface area contributed by atoms with Crippen molar-refractivity contribution < 1.29 is 13.2 Å². The molecule has 7 heteroatoms. The fourth-order valence-corrected chi connectivity index (χ4v) is 3.06. The Morgan fingerprint density at radius 1 is 1.29 bits per heavy atom. The van der Waals surface area contributed by atoms with Gasteiger partial charge in [0.15, 0.2) is 0 Å². The third-order valence-corrected chi connectivity index (χ3v) is 4.45. The highest BCUT2D eigenvalue weighted by Crippen LogP contribution is 2.31. The molecule has 6 nitrogen and oxygen atoms in total. The van der Waals surface area contributed by atoms with Crippen molar-refractivity contribution in [1.29, 1.82) is 0 Å². The molecule has 21 heavy (non-hydrogen) atoms. The van der Waals surface area contributed by atoms with Gasteiger partial charge in [-0.05, 0) is 43.7 Å². The van der Waals surface area contributed by atoms with Gasteiger partial charge < -0.3 is 10.6 Å². The average molecular weight is 311 g/mol. The zero-order valence-corrected chi connectivity index (χ0v) is 13.1. The third-order valence-electron chi connectivity index (χ3n) is 3.85. The van der Waals surface area contributed by atoms with Gasteiger partial charge in [0.25, 0.3) is 0 Å². The van der Waals surface area contributed by atoms with E-state index in [1.807, 2.05) is 6.92 Å². The van der Waals surface area contributed by atoms with Crippen LogP contribution in [0, 0.1) is 5.41 Å². The van der Waals surface area contributed by atoms with Crippen molar-refractivity contribution in [3.63, 3.8) is 0 Å². The lowest BCUT2D eigenvalue weighted by Crippen LogP contribution is -2.37. The van der Waals surface area contributed by atoms with Crippen LogP contribution in [0.5, 0.6) is 0 Å². The maximum Gasteiger partial charge on any atom is 0.231 e. The number of benzene rings is 1. The first kappa shape index (κ1) is 15.8. The summed E-state index contributed by atoms with van der Waals surface area (Å²) in [6.45, 7) is 3.58. The molecular formula is C14H21N3O3S. The average Bonchev–Trinajstić information content (AvgIpc) is 2.89. The van der Waals surface area contributed by atoms with Gasteiger partial charge in [-0.25, -0.2) is 8.42 Å². The Kier molecular flexibility index (Phi) is 4.53. The lowest BCUT2D eigenvalue weighted by molar-refractivity contribution is -0.124. The van der Waals surface area contributed by atoms with Crippen LogP contribution in [0.25, 0.3) is 0 Å². The molecule has 0 bridgehead atoms. The Morgan fingerprint density at radius 2 is 1.90 bits per heavy atom. The summed E-state index contributed by atoms with van der Waals surface area (Å²) in [5, 5.41) is 6.14. The molecule has 1 aromatic carbocycles. The van der Waals surface area contributed by atoms with Crippen molar-refractivity contribution in [2.75, 3.05) is 29.4 Å². The van der Waals surface area contributed by atoms with E-state index in [1.165, 1.54) is 0 Å². The minimum atomic E-state index is -3.29. The van der Waals surface area contributed by atoms with Gasteiger partial charge in [0.1, 0.15) is 0 Å². The second kappa shape index (κ2) is 6.03. The summed E-state index contributed by atoms with van der Waals surface area (Å²) in [5.74, 6) is 0.0128. The number of sulfonamides is 1. The summed E-state index contributed by atoms with van der Waals surface area (Å²) in [7, 11) is -3.29. The Bertz CT molecular complexity index is 605. The van der Waals surface area contributed by atoms with Crippen LogP contribution in [0.2, 0.25) is 0 Å². The monoisotopic (exact) mass is 311 g/mol. The molecule has 1 aliphatic heterocycles. The summed E-state index contributed by atoms with van der Waals surface area (Å²) in [6.07, 6.45) is 2.73. The van der Waals surface area contributed by atoms with Crippen LogP contribution >= 0.6 is 0 Å². The van der Waals surface area contributed by atoms with Crippen LogP contribution < -0.4 is 15.4 Å². The molecule has 3 N–H and O–H groups in total. The minimum Gasteiger partial charge on any atom is -0.326 e. The lowest BCUT2D eigenvalue weighted by atomic mass is 9.83. The van der Waals surface area contributed by atoms with Crippen molar-refractivity contribution in [3.05, 3.63) is 24.3 Å². The van der Waals surface area contributed by atoms with Gasteiger partial charge in [-0.15, -0.1) is 0 Å². The van der Waals surface area contributed by atoms with Crippen molar-refractivity contribution >= 4 is 27.3 Å². The molecule has 1 fully saturated rings. The van der Waals surface area contributed by atoms with Gasteiger partial charge in [0.05, 0.1) is 11.7 Å². The van der Waals surface area contributed by atoms with Crippen LogP contribution in [-0.4, -0.2) is 33.7 Å². The first-order valence-electron chi connectivity index (χ1n) is 6.95. The van der Waals surface area contributed by atoms with Crippen LogP contribution in [0.3, 0.4) is 0 Å². The molecule has 0 saturated carbocycles. The first-order chi connectivity index (χ1) is 9.85. The van der Waals surface area contributed by atoms with E-state index in [2.05, 4.69) is 15.4 Å². The lowest BCUT2D eigenvalue weighted by Gasteiger charge is -2.25. The summed E-state index contributed by atoms with van der Waals surface area (Å²) >= 11 is 0. The second-order valence-electron chi connectivity index (χ2n) is 5.47. The maximum atomic E-state index is 12.4. The highest BCUT2D eigenvalue weighted by Gasteiger charge is 2.39. The van der Waals surface area contributed by atoms with E-state index >= 15 is 0 Å². The first-order valence-corrected chi connectivity index (χ1v) is 8.84. The van der Waals surface area contributed by atoms with Crippen molar-refractivity contribution in [2.24, 2.45) is 5.41 Å². The smallest absolute Gasteiger partial charge is 0.231 e. The predicted molar refractivity (Wildman–Crippen MR) is 83.7 cm³/mol. The van der Waals surface area contributed by atoms with Gasteiger partial charge in [-0.3, -0.25) is 9.52 Å². The Balaban J connectivity index is 2.05. The Morgan fingerprint density at radius 3 is 2.38 bits per heavy atom. The SMILES string of the molecule is CCC1(C(=O)Nc2ccc(NS(C)(=O)=O)cc2)CCNC1. The largest absolute Gasteiger partial charge is 0.326 e. The van der Waals surface area contributed by atoms with Gasteiger partial charge >= 0.3 is 0 Å². The van der Waals surface area contributed by atoms with Crippen molar-refractivity contribution in [3.8, 4) is 0 Å². The second-order valence-corrected chi connectivity index (χ2v) is 7.21. The van der Waals surface area contributed by atoms with E-state index in [4.69, 9.17) is 0 Å². The van der Waals surface area contributed by atoms with E-state index < -0.39 is 10.0 Å². The molecular weight excluding hydrogens is 290 g/mol. The molecule has 1 amide bonds. The van der Waals surface area contributed by atoms with Crippen LogP contribution in [-0.2, 0) is 14.8 Å². The molecule has 1 aliphatic rings. The van der Waals surface area contributed by atoms with Gasteiger partial charge in [0.2, 0.25) is 15.9 Å². The number of hydrogen-bond acceptors (Lipinski definition) is 4. The van der Waals surface area contributed by atoms with E-state index in [-0.39, 0.29) is 11.3 Å². The molecule has 2 rings (SSSR count). The predicted octanol–water partition coefficient (Wildman–Crippen LogP) is 1.39. The molecule has 1 unspecified atom stereocenters. The van der Waals surface area contributed by atoms with Crippen LogP contribution in [0.15, 0.2) is 24.3 Å². The molecule has 1 aromatic rings. The van der Waals surface area contributed by atoms with Gasteiger partial charge in [-0.1, -0.05) is 6.92 Å². The number of amides is 1. The number of rotatable bonds is 5. The van der Waals surface area contributed by atoms with Crippen molar-refractivity contribution in [1.82, 2.24) is 5.32 Å². The van der Waals surface area contributed by atoms with Gasteiger partial charge in [-0.2, -0.15) is 0 Å². The molecule has 0 spiro atoms. The van der Waals surface area contributed by atoms with Crippen LogP contribution in [0.1, 0.15) is 19.8 Å². The number of anilines is 2. The zero-order chi connectivity index (χ0) is 15.5. The molecule has 0 aliphatic carbocycles. The molecule has 1 heterocycles. The molecule has 1 saturated heterocycles. The molecule has 0 radical (unpaired) electrons. The number of carbonyl (C=O) groups excluding carboxylic acids is 1. The summed E-state index contributed by atoms with van der Waals surface area (Å²) in [6, 6.07) is 6.64. The molecule has 116 valence electrons. The summed E-state index contributed by atoms with van der Waals surface area (Å²) < 4.78 is 24.6. The third kappa shape index (κ3) is 3.95. The minimum absolute atomic E-state index is 0.0128. The number of carbonyl (C=O) groups is 1. The highest BCUT2D eigenvalue weighted by atomic mass is 32.2. The van der Waals surface area contributed by atoms with Gasteiger partial charge in [0, 0.05) is 17.9 Å². The van der Waals surface area contributed by atoms with Crippen molar-refractivity contribution in [2.45, 2.75) is 19.8 Å². The number of hydrogen-bond donors (Lipinski definition) is 3. The van der Waals surface area contributed by atoms with E-state index in [0.717, 1.165) is 25.6 Å². The van der Waals surface area contributed by atoms with E-state index in [9.17, 15) is 13.2 Å². The fourth-order valence-electron chi connectivity index (χ4n) is 2.50. The molecule has 0 aromatic heterocycles. The maximum absolute atomic E-state index is 12.4. The highest BCUT2D eigenvalue weighted by molar-refractivity contribution is 7.92. The standard InChI is InChI=1S/C14H21N3O3S/c1-3-14(8-9-15-10-14)13(18)16-11-4-6-12(7-5-11)17-21(2,19)20/h4-7,15,17H,3,8-10H2,1-2H3,(H,16,18). The quantitative estimate of drug-likeness (QED) is 0.767. The fraction of sp³-hybridized carbons (Fsp3) is 0.500. The summed E-state index contributed by atoms with van der Waals surface area (Å²) in [5.41, 5.74) is 0.797. The Labute approximate surface area is 125 Å². The number of nitrogens with one attached hydrogen (secondary N) is 3. The Hall–Kier alpha value is -1.60. The van der Waals surface area contributed by atoms with E-state index in [1.54, 1.807) is 24.3 Å². The topological polar surface area (TPSA) is 87.3 Å².